The number of hydrogen-bond acceptors (Lipinski definition) is 4. The smallest absolute Gasteiger partial charge is 1.00 e. The molecule has 0 bridgehead atoms. The van der Waals surface area contributed by atoms with Crippen LogP contribution in [0, 0.1) is 5.92 Å². The van der Waals surface area contributed by atoms with Gasteiger partial charge in [0.1, 0.15) is 0 Å². The summed E-state index contributed by atoms with van der Waals surface area (Å²) in [5.41, 5.74) is -2.78. The van der Waals surface area contributed by atoms with E-state index >= 15 is 0 Å². The molecule has 0 aliphatic heterocycles. The second kappa shape index (κ2) is 20.3. The largest absolute Gasteiger partial charge is 1.00 e. The first-order chi connectivity index (χ1) is 12.8. The molecule has 0 saturated heterocycles. The summed E-state index contributed by atoms with van der Waals surface area (Å²) in [5.74, 6) is -6.46. The molecule has 0 aromatic rings. The van der Waals surface area contributed by atoms with Crippen LogP contribution >= 0.6 is 0 Å². The van der Waals surface area contributed by atoms with Gasteiger partial charge in [0.25, 0.3) is 0 Å². The van der Waals surface area contributed by atoms with Crippen LogP contribution in [0.4, 0.5) is 0 Å². The third-order valence-electron chi connectivity index (χ3n) is 5.01. The first kappa shape index (κ1) is 34.0. The number of aliphatic carboxylic acids is 3. The fourth-order valence-corrected chi connectivity index (χ4v) is 3.33. The first-order valence-electron chi connectivity index (χ1n) is 10.2. The van der Waals surface area contributed by atoms with Crippen molar-refractivity contribution in [1.82, 2.24) is 0 Å². The number of aliphatic hydroxyl groups is 1. The van der Waals surface area contributed by atoms with Crippen molar-refractivity contribution in [1.29, 1.82) is 0 Å². The van der Waals surface area contributed by atoms with Crippen molar-refractivity contribution in [2.45, 2.75) is 102 Å². The van der Waals surface area contributed by atoms with E-state index in [0.29, 0.717) is 6.42 Å². The van der Waals surface area contributed by atoms with Gasteiger partial charge in [0, 0.05) is 0 Å². The van der Waals surface area contributed by atoms with Crippen LogP contribution in [0.25, 0.3) is 0 Å². The molecule has 29 heavy (non-hydrogen) atoms. The Hall–Kier alpha value is 0.370. The van der Waals surface area contributed by atoms with Crippen LogP contribution in [0.15, 0.2) is 0 Å². The molecule has 0 spiro atoms. The summed E-state index contributed by atoms with van der Waals surface area (Å²) in [6.07, 6.45) is 12.0. The summed E-state index contributed by atoms with van der Waals surface area (Å²) in [6.45, 7) is 2.20. The SMILES string of the molecule is CCCCCCCCCCCCCCC(C(=O)O)C(O)(CC(=O)O)C(=O)O.[H-].[H-].[Na+].[Na+]. The molecule has 2 atom stereocenters. The van der Waals surface area contributed by atoms with Crippen LogP contribution in [0.5, 0.6) is 0 Å². The van der Waals surface area contributed by atoms with Crippen LogP contribution < -0.4 is 59.1 Å². The Bertz CT molecular complexity index is 471. The quantitative estimate of drug-likeness (QED) is 0.149. The minimum absolute atomic E-state index is 0. The Labute approximate surface area is 221 Å². The number of carboxylic acids is 3. The second-order valence-corrected chi connectivity index (χ2v) is 7.37. The molecule has 162 valence electrons. The fraction of sp³-hybridized carbons (Fsp3) is 0.850. The minimum Gasteiger partial charge on any atom is -1.00 e. The summed E-state index contributed by atoms with van der Waals surface area (Å²) >= 11 is 0. The molecule has 2 unspecified atom stereocenters. The van der Waals surface area contributed by atoms with Gasteiger partial charge in [0.2, 0.25) is 0 Å². The van der Waals surface area contributed by atoms with Gasteiger partial charge < -0.3 is 23.3 Å². The standard InChI is InChI=1S/C20H36O7.2Na.2H/c1-2-3-4-5-6-7-8-9-10-11-12-13-14-16(18(23)24)20(27,19(25)26)15-17(21)22;;;;/h16,27H,2-15H2,1H3,(H,21,22)(H,23,24)(H,25,26);;;;/q;2*+1;2*-1. The Morgan fingerprint density at radius 1 is 0.759 bits per heavy atom. The van der Waals surface area contributed by atoms with Gasteiger partial charge >= 0.3 is 77.0 Å². The third-order valence-corrected chi connectivity index (χ3v) is 5.01. The van der Waals surface area contributed by atoms with E-state index in [-0.39, 0.29) is 68.4 Å². The maximum absolute atomic E-state index is 11.3. The molecular weight excluding hydrogens is 398 g/mol. The zero-order valence-corrected chi connectivity index (χ0v) is 22.5. The van der Waals surface area contributed by atoms with E-state index in [4.69, 9.17) is 10.2 Å². The summed E-state index contributed by atoms with van der Waals surface area (Å²) in [6, 6.07) is 0. The zero-order valence-electron chi connectivity index (χ0n) is 20.5. The van der Waals surface area contributed by atoms with Crippen LogP contribution in [0.3, 0.4) is 0 Å². The number of carboxylic acid groups (broad SMARTS) is 3. The van der Waals surface area contributed by atoms with Crippen LogP contribution in [-0.4, -0.2) is 43.9 Å². The third kappa shape index (κ3) is 15.8. The van der Waals surface area contributed by atoms with Crippen molar-refractivity contribution in [3.8, 4) is 0 Å². The maximum Gasteiger partial charge on any atom is 1.00 e. The van der Waals surface area contributed by atoms with Crippen molar-refractivity contribution < 1.29 is 96.8 Å². The van der Waals surface area contributed by atoms with Gasteiger partial charge in [-0.25, -0.2) is 4.79 Å². The Balaban J connectivity index is -0.000000563. The molecular formula is C20H38Na2O7. The van der Waals surface area contributed by atoms with E-state index in [1.54, 1.807) is 0 Å². The molecule has 9 heteroatoms. The molecule has 0 heterocycles. The van der Waals surface area contributed by atoms with Gasteiger partial charge in [-0.1, -0.05) is 84.0 Å². The normalized spacial score (nSPS) is 13.4. The van der Waals surface area contributed by atoms with Crippen molar-refractivity contribution in [3.63, 3.8) is 0 Å². The first-order valence-corrected chi connectivity index (χ1v) is 10.2. The predicted octanol–water partition coefficient (Wildman–Crippen LogP) is -1.70. The van der Waals surface area contributed by atoms with Crippen LogP contribution in [0.1, 0.15) is 99.7 Å². The zero-order chi connectivity index (χ0) is 20.7. The van der Waals surface area contributed by atoms with Crippen molar-refractivity contribution in [2.24, 2.45) is 5.92 Å². The van der Waals surface area contributed by atoms with Crippen molar-refractivity contribution in [3.05, 3.63) is 0 Å². The Kier molecular flexibility index (Phi) is 23.8. The van der Waals surface area contributed by atoms with Gasteiger partial charge in [-0.3, -0.25) is 9.59 Å². The maximum atomic E-state index is 11.3. The van der Waals surface area contributed by atoms with Gasteiger partial charge in [0.05, 0.1) is 12.3 Å². The number of unbranched alkanes of at least 4 members (excludes halogenated alkanes) is 11. The van der Waals surface area contributed by atoms with E-state index in [1.807, 2.05) is 0 Å². The fourth-order valence-electron chi connectivity index (χ4n) is 3.33. The molecule has 0 aromatic heterocycles. The Morgan fingerprint density at radius 3 is 1.45 bits per heavy atom. The molecule has 7 nitrogen and oxygen atoms in total. The van der Waals surface area contributed by atoms with Crippen molar-refractivity contribution in [2.75, 3.05) is 0 Å². The molecule has 0 aromatic carbocycles. The molecule has 0 fully saturated rings. The number of rotatable bonds is 18. The van der Waals surface area contributed by atoms with E-state index in [0.717, 1.165) is 25.7 Å². The molecule has 4 N–H and O–H groups in total. The molecule has 0 amide bonds. The molecule has 0 saturated carbocycles. The Morgan fingerprint density at radius 2 is 1.14 bits per heavy atom. The molecule has 0 radical (unpaired) electrons. The average molecular weight is 436 g/mol. The van der Waals surface area contributed by atoms with Gasteiger partial charge in [-0.15, -0.1) is 0 Å². The summed E-state index contributed by atoms with van der Waals surface area (Å²) in [7, 11) is 0. The summed E-state index contributed by atoms with van der Waals surface area (Å²) < 4.78 is 0. The predicted molar refractivity (Wildman–Crippen MR) is 104 cm³/mol. The van der Waals surface area contributed by atoms with Crippen LogP contribution in [-0.2, 0) is 14.4 Å². The summed E-state index contributed by atoms with van der Waals surface area (Å²) in [4.78, 5) is 33.4. The minimum atomic E-state index is -2.78. The molecule has 0 aliphatic carbocycles. The number of carbonyl (C=O) groups is 3. The van der Waals surface area contributed by atoms with Crippen LogP contribution in [0.2, 0.25) is 0 Å². The number of hydrogen-bond donors (Lipinski definition) is 4. The summed E-state index contributed by atoms with van der Waals surface area (Å²) in [5, 5.41) is 37.2. The van der Waals surface area contributed by atoms with E-state index in [9.17, 15) is 24.6 Å². The van der Waals surface area contributed by atoms with E-state index in [2.05, 4.69) is 6.92 Å². The molecule has 0 rings (SSSR count). The molecule has 0 aliphatic rings. The van der Waals surface area contributed by atoms with E-state index < -0.39 is 35.8 Å². The van der Waals surface area contributed by atoms with E-state index in [1.165, 1.54) is 44.9 Å². The monoisotopic (exact) mass is 436 g/mol. The van der Waals surface area contributed by atoms with Gasteiger partial charge in [0.15, 0.2) is 5.60 Å². The second-order valence-electron chi connectivity index (χ2n) is 7.37. The topological polar surface area (TPSA) is 132 Å². The average Bonchev–Trinajstić information content (AvgIpc) is 2.57. The van der Waals surface area contributed by atoms with Gasteiger partial charge in [-0.2, -0.15) is 0 Å². The van der Waals surface area contributed by atoms with Gasteiger partial charge in [-0.05, 0) is 6.42 Å². The van der Waals surface area contributed by atoms with Crippen molar-refractivity contribution >= 4 is 17.9 Å².